The van der Waals surface area contributed by atoms with Crippen LogP contribution in [0, 0.1) is 0 Å². The van der Waals surface area contributed by atoms with Crippen molar-refractivity contribution < 1.29 is 29.0 Å². The number of carbonyl (C=O) groups is 3. The lowest BCUT2D eigenvalue weighted by molar-refractivity contribution is -0.139. The number of phenols is 1. The molecule has 1 saturated carbocycles. The molecule has 0 radical (unpaired) electrons. The highest BCUT2D eigenvalue weighted by Crippen LogP contribution is 2.33. The number of amides is 1. The van der Waals surface area contributed by atoms with Gasteiger partial charge in [0.2, 0.25) is 0 Å². The summed E-state index contributed by atoms with van der Waals surface area (Å²) in [5, 5.41) is 22.2. The van der Waals surface area contributed by atoms with Gasteiger partial charge >= 0.3 is 5.97 Å². The number of hydrogen-bond donors (Lipinski definition) is 3. The average molecular weight is 466 g/mol. The Kier molecular flexibility index (Phi) is 6.81. The number of aromatic nitrogens is 2. The molecule has 1 atom stereocenters. The van der Waals surface area contributed by atoms with Crippen LogP contribution in [0.25, 0.3) is 11.4 Å². The number of carbonyl (C=O) groups excluding carboxylic acids is 2. The van der Waals surface area contributed by atoms with E-state index < -0.39 is 17.9 Å². The van der Waals surface area contributed by atoms with Crippen molar-refractivity contribution in [2.45, 2.75) is 57.5 Å². The smallest absolute Gasteiger partial charge is 0.326 e. The number of aliphatic carboxylic acids is 1. The fourth-order valence-corrected chi connectivity index (χ4v) is 4.50. The van der Waals surface area contributed by atoms with Crippen molar-refractivity contribution in [3.05, 3.63) is 59.8 Å². The minimum Gasteiger partial charge on any atom is -0.507 e. The normalized spacial score (nSPS) is 15.1. The number of phenolic OH excluding ortho intramolecular Hbond substituents is 1. The van der Waals surface area contributed by atoms with Crippen LogP contribution < -0.4 is 5.32 Å². The van der Waals surface area contributed by atoms with Gasteiger partial charge in [0.15, 0.2) is 5.78 Å². The number of carboxylic acid groups (broad SMARTS) is 1. The first-order valence-corrected chi connectivity index (χ1v) is 11.3. The third-order valence-electron chi connectivity index (χ3n) is 6.23. The van der Waals surface area contributed by atoms with Crippen LogP contribution in [0.1, 0.15) is 71.5 Å². The van der Waals surface area contributed by atoms with Crippen molar-refractivity contribution in [3.63, 3.8) is 0 Å². The Morgan fingerprint density at radius 2 is 1.97 bits per heavy atom. The molecule has 0 aliphatic heterocycles. The molecule has 34 heavy (non-hydrogen) atoms. The standard InChI is InChI=1S/C25H27N3O6/c1-15(29)19-11-16(7-8-22(19)30)12-20(25(32)33)27-24(31)21-13-26-23(17-9-10-34-14-17)28(21)18-5-3-2-4-6-18/h7-11,13-14,18,20,30H,2-6,12H2,1H3,(H,27,31)(H,32,33)/t20-/m0/s1. The number of imidazole rings is 1. The molecule has 9 nitrogen and oxygen atoms in total. The number of nitrogens with zero attached hydrogens (tertiary/aromatic N) is 2. The Morgan fingerprint density at radius 3 is 2.62 bits per heavy atom. The molecule has 0 spiro atoms. The van der Waals surface area contributed by atoms with Crippen LogP contribution in [-0.4, -0.2) is 43.5 Å². The number of Topliss-reactive ketones (excluding diaryl/α,β-unsaturated/α-hetero) is 1. The summed E-state index contributed by atoms with van der Waals surface area (Å²) in [5.41, 5.74) is 1.66. The fraction of sp³-hybridized carbons (Fsp3) is 0.360. The molecule has 3 N–H and O–H groups in total. The molecule has 1 aromatic carbocycles. The Morgan fingerprint density at radius 1 is 1.21 bits per heavy atom. The molecule has 2 aromatic heterocycles. The first kappa shape index (κ1) is 23.3. The van der Waals surface area contributed by atoms with Crippen LogP contribution in [0.3, 0.4) is 0 Å². The van der Waals surface area contributed by atoms with Crippen molar-refractivity contribution in [2.24, 2.45) is 0 Å². The Labute approximate surface area is 196 Å². The number of rotatable bonds is 8. The summed E-state index contributed by atoms with van der Waals surface area (Å²) >= 11 is 0. The SMILES string of the molecule is CC(=O)c1cc(C[C@H](NC(=O)c2cnc(-c3ccoc3)n2C2CCCCC2)C(=O)O)ccc1O. The minimum atomic E-state index is -1.23. The number of hydrogen-bond acceptors (Lipinski definition) is 6. The molecular formula is C25H27N3O6. The molecule has 1 aliphatic rings. The molecule has 9 heteroatoms. The van der Waals surface area contributed by atoms with E-state index in [0.717, 1.165) is 37.7 Å². The van der Waals surface area contributed by atoms with Gasteiger partial charge < -0.3 is 24.5 Å². The fourth-order valence-electron chi connectivity index (χ4n) is 4.50. The summed E-state index contributed by atoms with van der Waals surface area (Å²) in [6.45, 7) is 1.32. The zero-order valence-corrected chi connectivity index (χ0v) is 18.9. The van der Waals surface area contributed by atoms with Crippen molar-refractivity contribution >= 4 is 17.7 Å². The predicted molar refractivity (Wildman–Crippen MR) is 123 cm³/mol. The van der Waals surface area contributed by atoms with Crippen LogP contribution in [0.5, 0.6) is 5.75 Å². The highest BCUT2D eigenvalue weighted by Gasteiger charge is 2.28. The first-order valence-electron chi connectivity index (χ1n) is 11.3. The summed E-state index contributed by atoms with van der Waals surface area (Å²) in [4.78, 5) is 41.4. The largest absolute Gasteiger partial charge is 0.507 e. The van der Waals surface area contributed by atoms with Crippen LogP contribution in [-0.2, 0) is 11.2 Å². The summed E-state index contributed by atoms with van der Waals surface area (Å²) in [6, 6.07) is 4.96. The third kappa shape index (κ3) is 4.88. The van der Waals surface area contributed by atoms with E-state index in [1.54, 1.807) is 18.6 Å². The number of ketones is 1. The third-order valence-corrected chi connectivity index (χ3v) is 6.23. The maximum Gasteiger partial charge on any atom is 0.326 e. The summed E-state index contributed by atoms with van der Waals surface area (Å²) in [6.07, 6.45) is 9.59. The Bertz CT molecular complexity index is 1190. The second kappa shape index (κ2) is 9.94. The lowest BCUT2D eigenvalue weighted by Crippen LogP contribution is -2.43. The second-order valence-electron chi connectivity index (χ2n) is 8.62. The topological polar surface area (TPSA) is 135 Å². The Balaban J connectivity index is 1.61. The minimum absolute atomic E-state index is 0.0478. The van der Waals surface area contributed by atoms with Gasteiger partial charge in [0.1, 0.15) is 29.6 Å². The molecule has 0 bridgehead atoms. The van der Waals surface area contributed by atoms with Gasteiger partial charge in [-0.1, -0.05) is 25.3 Å². The number of carboxylic acids is 1. The highest BCUT2D eigenvalue weighted by atomic mass is 16.4. The van der Waals surface area contributed by atoms with Gasteiger partial charge in [-0.25, -0.2) is 9.78 Å². The molecule has 178 valence electrons. The molecule has 0 saturated heterocycles. The van der Waals surface area contributed by atoms with Crippen molar-refractivity contribution in [3.8, 4) is 17.1 Å². The van der Waals surface area contributed by atoms with E-state index >= 15 is 0 Å². The molecule has 1 amide bonds. The van der Waals surface area contributed by atoms with E-state index in [1.807, 2.05) is 4.57 Å². The first-order chi connectivity index (χ1) is 16.3. The number of aromatic hydroxyl groups is 1. The molecule has 4 rings (SSSR count). The van der Waals surface area contributed by atoms with Gasteiger partial charge in [0.25, 0.3) is 5.91 Å². The average Bonchev–Trinajstić information content (AvgIpc) is 3.50. The maximum absolute atomic E-state index is 13.3. The zero-order valence-electron chi connectivity index (χ0n) is 18.9. The summed E-state index contributed by atoms with van der Waals surface area (Å²) in [7, 11) is 0. The van der Waals surface area contributed by atoms with Gasteiger partial charge in [-0.15, -0.1) is 0 Å². The van der Waals surface area contributed by atoms with E-state index in [4.69, 9.17) is 4.42 Å². The number of furan rings is 1. The van der Waals surface area contributed by atoms with Crippen molar-refractivity contribution in [1.82, 2.24) is 14.9 Å². The van der Waals surface area contributed by atoms with Crippen LogP contribution in [0.2, 0.25) is 0 Å². The van der Waals surface area contributed by atoms with Gasteiger partial charge in [-0.3, -0.25) is 9.59 Å². The second-order valence-corrected chi connectivity index (χ2v) is 8.62. The molecule has 2 heterocycles. The van der Waals surface area contributed by atoms with Gasteiger partial charge in [0.05, 0.1) is 23.6 Å². The van der Waals surface area contributed by atoms with Crippen LogP contribution in [0.4, 0.5) is 0 Å². The van der Waals surface area contributed by atoms with E-state index in [9.17, 15) is 24.6 Å². The Hall–Kier alpha value is -3.88. The van der Waals surface area contributed by atoms with E-state index in [0.29, 0.717) is 17.1 Å². The molecule has 0 unspecified atom stereocenters. The van der Waals surface area contributed by atoms with Crippen LogP contribution in [0.15, 0.2) is 47.4 Å². The van der Waals surface area contributed by atoms with Gasteiger partial charge in [0, 0.05) is 12.5 Å². The zero-order chi connectivity index (χ0) is 24.2. The maximum atomic E-state index is 13.3. The number of benzene rings is 1. The molecule has 1 aliphatic carbocycles. The van der Waals surface area contributed by atoms with E-state index in [-0.39, 0.29) is 29.6 Å². The van der Waals surface area contributed by atoms with Gasteiger partial charge in [-0.05, 0) is 43.5 Å². The summed E-state index contributed by atoms with van der Waals surface area (Å²) in [5.74, 6) is -1.63. The predicted octanol–water partition coefficient (Wildman–Crippen LogP) is 3.98. The van der Waals surface area contributed by atoms with Crippen LogP contribution >= 0.6 is 0 Å². The van der Waals surface area contributed by atoms with Crippen molar-refractivity contribution in [1.29, 1.82) is 0 Å². The van der Waals surface area contributed by atoms with Gasteiger partial charge in [-0.2, -0.15) is 0 Å². The summed E-state index contributed by atoms with van der Waals surface area (Å²) < 4.78 is 7.10. The monoisotopic (exact) mass is 465 g/mol. The van der Waals surface area contributed by atoms with E-state index in [2.05, 4.69) is 10.3 Å². The number of nitrogens with one attached hydrogen (secondary N) is 1. The molecule has 3 aromatic rings. The van der Waals surface area contributed by atoms with E-state index in [1.165, 1.54) is 31.3 Å². The van der Waals surface area contributed by atoms with Crippen molar-refractivity contribution in [2.75, 3.05) is 0 Å². The lowest BCUT2D eigenvalue weighted by Gasteiger charge is -2.26. The molecular weight excluding hydrogens is 438 g/mol. The molecule has 1 fully saturated rings. The quantitative estimate of drug-likeness (QED) is 0.428. The lowest BCUT2D eigenvalue weighted by atomic mass is 9.94. The highest BCUT2D eigenvalue weighted by molar-refractivity contribution is 5.97.